The lowest BCUT2D eigenvalue weighted by Crippen LogP contribution is -2.17. The van der Waals surface area contributed by atoms with Crippen molar-refractivity contribution in [3.05, 3.63) is 132 Å². The SMILES string of the molecule is C1=C/C(=C2/N[C@@H](c3ccccc3)CO2)C(P(c2ccccc2)c2ccccc2)=C1. The molecule has 0 amide bonds. The van der Waals surface area contributed by atoms with E-state index in [1.54, 1.807) is 0 Å². The molecule has 2 nitrogen and oxygen atoms in total. The van der Waals surface area contributed by atoms with E-state index in [4.69, 9.17) is 4.74 Å². The Morgan fingerprint density at radius 1 is 0.759 bits per heavy atom. The predicted octanol–water partition coefficient (Wildman–Crippen LogP) is 5.15. The molecule has 3 aromatic rings. The first-order chi connectivity index (χ1) is 14.4. The number of ether oxygens (including phenoxy) is 1. The average molecular weight is 395 g/mol. The minimum atomic E-state index is -0.655. The van der Waals surface area contributed by atoms with Gasteiger partial charge in [0.2, 0.25) is 0 Å². The first kappa shape index (κ1) is 18.0. The molecule has 0 spiro atoms. The average Bonchev–Trinajstić information content (AvgIpc) is 3.46. The van der Waals surface area contributed by atoms with Crippen molar-refractivity contribution < 1.29 is 4.74 Å². The van der Waals surface area contributed by atoms with E-state index in [0.717, 1.165) is 5.88 Å². The fourth-order valence-corrected chi connectivity index (χ4v) is 6.25. The van der Waals surface area contributed by atoms with Crippen LogP contribution in [0.1, 0.15) is 11.6 Å². The number of nitrogens with one attached hydrogen (secondary N) is 1. The smallest absolute Gasteiger partial charge is 0.195 e. The van der Waals surface area contributed by atoms with E-state index in [0.29, 0.717) is 6.61 Å². The molecule has 1 heterocycles. The Labute approximate surface area is 173 Å². The van der Waals surface area contributed by atoms with Crippen LogP contribution in [-0.2, 0) is 4.74 Å². The highest BCUT2D eigenvalue weighted by molar-refractivity contribution is 7.77. The summed E-state index contributed by atoms with van der Waals surface area (Å²) in [5.74, 6) is 0.887. The molecular formula is C26H22NOP. The van der Waals surface area contributed by atoms with Crippen molar-refractivity contribution in [1.82, 2.24) is 5.32 Å². The monoisotopic (exact) mass is 395 g/mol. The van der Waals surface area contributed by atoms with Gasteiger partial charge < -0.3 is 10.1 Å². The highest BCUT2D eigenvalue weighted by Crippen LogP contribution is 2.49. The molecule has 1 N–H and O–H groups in total. The molecule has 0 bridgehead atoms. The van der Waals surface area contributed by atoms with Gasteiger partial charge in [0.15, 0.2) is 5.88 Å². The van der Waals surface area contributed by atoms with E-state index >= 15 is 0 Å². The summed E-state index contributed by atoms with van der Waals surface area (Å²) in [5.41, 5.74) is 2.42. The molecule has 0 unspecified atom stereocenters. The molecule has 3 heteroatoms. The Morgan fingerprint density at radius 3 is 1.97 bits per heavy atom. The van der Waals surface area contributed by atoms with Crippen LogP contribution in [-0.4, -0.2) is 6.61 Å². The first-order valence-corrected chi connectivity index (χ1v) is 11.2. The molecule has 1 atom stereocenters. The maximum Gasteiger partial charge on any atom is 0.195 e. The maximum atomic E-state index is 6.14. The molecule has 3 aromatic carbocycles. The summed E-state index contributed by atoms with van der Waals surface area (Å²) in [6.45, 7) is 0.651. The number of rotatable bonds is 4. The predicted molar refractivity (Wildman–Crippen MR) is 122 cm³/mol. The van der Waals surface area contributed by atoms with Crippen LogP contribution in [0.25, 0.3) is 0 Å². The Morgan fingerprint density at radius 2 is 1.34 bits per heavy atom. The third kappa shape index (κ3) is 3.64. The number of hydrogen-bond acceptors (Lipinski definition) is 2. The molecule has 0 saturated carbocycles. The number of hydrogen-bond donors (Lipinski definition) is 1. The summed E-state index contributed by atoms with van der Waals surface area (Å²) >= 11 is 0. The van der Waals surface area contributed by atoms with E-state index in [-0.39, 0.29) is 6.04 Å². The summed E-state index contributed by atoms with van der Waals surface area (Å²) < 4.78 is 6.14. The fraction of sp³-hybridized carbons (Fsp3) is 0.0769. The summed E-state index contributed by atoms with van der Waals surface area (Å²) in [7, 11) is -0.655. The normalized spacial score (nSPS) is 20.4. The fourth-order valence-electron chi connectivity index (χ4n) is 3.81. The van der Waals surface area contributed by atoms with Gasteiger partial charge in [-0.3, -0.25) is 0 Å². The third-order valence-electron chi connectivity index (χ3n) is 5.21. The van der Waals surface area contributed by atoms with Gasteiger partial charge in [-0.25, -0.2) is 0 Å². The minimum absolute atomic E-state index is 0.189. The molecule has 2 aliphatic rings. The van der Waals surface area contributed by atoms with Crippen molar-refractivity contribution in [2.45, 2.75) is 6.04 Å². The minimum Gasteiger partial charge on any atom is -0.476 e. The van der Waals surface area contributed by atoms with Crippen molar-refractivity contribution >= 4 is 18.5 Å². The second kappa shape index (κ2) is 8.11. The molecule has 1 aliphatic carbocycles. The zero-order valence-electron chi connectivity index (χ0n) is 16.0. The number of benzene rings is 3. The molecule has 5 rings (SSSR count). The molecule has 29 heavy (non-hydrogen) atoms. The van der Waals surface area contributed by atoms with Gasteiger partial charge in [0, 0.05) is 5.57 Å². The molecule has 1 fully saturated rings. The van der Waals surface area contributed by atoms with E-state index in [2.05, 4.69) is 108 Å². The third-order valence-corrected chi connectivity index (χ3v) is 7.71. The van der Waals surface area contributed by atoms with Crippen molar-refractivity contribution in [2.75, 3.05) is 6.61 Å². The van der Waals surface area contributed by atoms with Gasteiger partial charge in [-0.2, -0.15) is 0 Å². The van der Waals surface area contributed by atoms with E-state index in [9.17, 15) is 0 Å². The molecule has 142 valence electrons. The van der Waals surface area contributed by atoms with Gasteiger partial charge in [-0.15, -0.1) is 0 Å². The molecular weight excluding hydrogens is 373 g/mol. The largest absolute Gasteiger partial charge is 0.476 e. The Kier molecular flexibility index (Phi) is 5.02. The van der Waals surface area contributed by atoms with Crippen LogP contribution in [0.5, 0.6) is 0 Å². The van der Waals surface area contributed by atoms with Gasteiger partial charge in [-0.1, -0.05) is 103 Å². The van der Waals surface area contributed by atoms with Crippen LogP contribution < -0.4 is 15.9 Å². The van der Waals surface area contributed by atoms with E-state index in [1.807, 2.05) is 6.07 Å². The Hall–Kier alpha value is -3.09. The van der Waals surface area contributed by atoms with Gasteiger partial charge >= 0.3 is 0 Å². The van der Waals surface area contributed by atoms with Crippen molar-refractivity contribution in [1.29, 1.82) is 0 Å². The Bertz CT molecular complexity index is 1030. The Balaban J connectivity index is 1.52. The second-order valence-electron chi connectivity index (χ2n) is 7.08. The van der Waals surface area contributed by atoms with Crippen LogP contribution in [0.15, 0.2) is 126 Å². The highest BCUT2D eigenvalue weighted by atomic mass is 31.1. The van der Waals surface area contributed by atoms with E-state index < -0.39 is 7.92 Å². The van der Waals surface area contributed by atoms with Gasteiger partial charge in [-0.05, 0) is 35.5 Å². The maximum absolute atomic E-state index is 6.14. The number of allylic oxidation sites excluding steroid dienone is 5. The molecule has 0 aromatic heterocycles. The van der Waals surface area contributed by atoms with Crippen molar-refractivity contribution in [3.8, 4) is 0 Å². The summed E-state index contributed by atoms with van der Waals surface area (Å²) in [6.07, 6.45) is 6.56. The van der Waals surface area contributed by atoms with Crippen LogP contribution in [0.4, 0.5) is 0 Å². The lowest BCUT2D eigenvalue weighted by Gasteiger charge is -2.22. The highest BCUT2D eigenvalue weighted by Gasteiger charge is 2.29. The summed E-state index contributed by atoms with van der Waals surface area (Å²) in [4.78, 5) is 0. The first-order valence-electron chi connectivity index (χ1n) is 9.88. The zero-order valence-corrected chi connectivity index (χ0v) is 16.9. The lowest BCUT2D eigenvalue weighted by atomic mass is 10.1. The van der Waals surface area contributed by atoms with Crippen LogP contribution in [0.3, 0.4) is 0 Å². The van der Waals surface area contributed by atoms with E-state index in [1.165, 1.54) is 27.1 Å². The van der Waals surface area contributed by atoms with Gasteiger partial charge in [0.25, 0.3) is 0 Å². The summed E-state index contributed by atoms with van der Waals surface area (Å²) in [5, 5.41) is 7.63. The quantitative estimate of drug-likeness (QED) is 0.617. The lowest BCUT2D eigenvalue weighted by molar-refractivity contribution is 0.253. The molecule has 1 aliphatic heterocycles. The van der Waals surface area contributed by atoms with Crippen LogP contribution in [0, 0.1) is 0 Å². The molecule has 1 saturated heterocycles. The van der Waals surface area contributed by atoms with Crippen LogP contribution >= 0.6 is 7.92 Å². The van der Waals surface area contributed by atoms with Crippen molar-refractivity contribution in [2.24, 2.45) is 0 Å². The summed E-state index contributed by atoms with van der Waals surface area (Å²) in [6, 6.07) is 32.3. The van der Waals surface area contributed by atoms with Gasteiger partial charge in [0.05, 0.1) is 6.04 Å². The zero-order chi connectivity index (χ0) is 19.5. The topological polar surface area (TPSA) is 21.3 Å². The van der Waals surface area contributed by atoms with Gasteiger partial charge in [0.1, 0.15) is 6.61 Å². The van der Waals surface area contributed by atoms with Crippen molar-refractivity contribution in [3.63, 3.8) is 0 Å². The standard InChI is InChI=1S/C26H22NOP/c1-4-11-20(12-5-1)24-19-28-26(27-24)23-17-10-18-25(23)29(21-13-6-2-7-14-21)22-15-8-3-9-16-22/h1-18,24,27H,19H2/b26-23+/t24-/m1/s1. The van der Waals surface area contributed by atoms with Crippen LogP contribution in [0.2, 0.25) is 0 Å². The molecule has 0 radical (unpaired) electrons. The second-order valence-corrected chi connectivity index (χ2v) is 9.26.